The number of carbonyl (C=O) groups excluding carboxylic acids is 1. The van der Waals surface area contributed by atoms with Crippen molar-refractivity contribution in [2.45, 2.75) is 39.7 Å². The molecule has 1 unspecified atom stereocenters. The Morgan fingerprint density at radius 1 is 1.50 bits per heavy atom. The van der Waals surface area contributed by atoms with Crippen LogP contribution in [0.15, 0.2) is 18.2 Å². The van der Waals surface area contributed by atoms with E-state index in [-0.39, 0.29) is 23.3 Å². The van der Waals surface area contributed by atoms with Crippen LogP contribution in [0.25, 0.3) is 0 Å². The van der Waals surface area contributed by atoms with E-state index in [0.29, 0.717) is 19.5 Å². The van der Waals surface area contributed by atoms with Gasteiger partial charge in [0.15, 0.2) is 0 Å². The average molecular weight is 280 g/mol. The fraction of sp³-hybridized carbons (Fsp3) is 0.600. The first kappa shape index (κ1) is 14.8. The van der Waals surface area contributed by atoms with E-state index in [2.05, 4.69) is 4.98 Å². The maximum Gasteiger partial charge on any atom is 0.223 e. The van der Waals surface area contributed by atoms with Gasteiger partial charge in [-0.1, -0.05) is 26.8 Å². The Labute approximate surface area is 118 Å². The van der Waals surface area contributed by atoms with E-state index in [1.165, 1.54) is 6.07 Å². The van der Waals surface area contributed by atoms with Crippen molar-refractivity contribution in [3.8, 4) is 5.88 Å². The molecule has 1 amide bonds. The van der Waals surface area contributed by atoms with Crippen molar-refractivity contribution in [3.63, 3.8) is 0 Å². The molecule has 0 saturated carbocycles. The van der Waals surface area contributed by atoms with Crippen LogP contribution >= 0.6 is 0 Å². The molecule has 1 atom stereocenters. The zero-order valence-electron chi connectivity index (χ0n) is 12.2. The number of carbonyl (C=O) groups is 1. The second kappa shape index (κ2) is 5.77. The van der Waals surface area contributed by atoms with Gasteiger partial charge in [0.1, 0.15) is 6.10 Å². The fourth-order valence-corrected chi connectivity index (χ4v) is 2.24. The third kappa shape index (κ3) is 4.18. The van der Waals surface area contributed by atoms with Crippen molar-refractivity contribution >= 4 is 5.91 Å². The number of ether oxygens (including phenoxy) is 1. The molecule has 2 rings (SSSR count). The topological polar surface area (TPSA) is 42.4 Å². The number of halogens is 1. The van der Waals surface area contributed by atoms with E-state index in [1.54, 1.807) is 12.1 Å². The molecule has 0 aromatic carbocycles. The van der Waals surface area contributed by atoms with Gasteiger partial charge in [-0.2, -0.15) is 9.37 Å². The monoisotopic (exact) mass is 280 g/mol. The van der Waals surface area contributed by atoms with Gasteiger partial charge in [-0.3, -0.25) is 4.79 Å². The van der Waals surface area contributed by atoms with Crippen molar-refractivity contribution < 1.29 is 13.9 Å². The molecule has 1 aliphatic heterocycles. The molecule has 0 radical (unpaired) electrons. The van der Waals surface area contributed by atoms with E-state index >= 15 is 0 Å². The molecule has 2 heterocycles. The van der Waals surface area contributed by atoms with E-state index in [4.69, 9.17) is 4.74 Å². The predicted octanol–water partition coefficient (Wildman–Crippen LogP) is 2.64. The third-order valence-corrected chi connectivity index (χ3v) is 3.16. The van der Waals surface area contributed by atoms with Crippen molar-refractivity contribution in [3.05, 3.63) is 24.1 Å². The summed E-state index contributed by atoms with van der Waals surface area (Å²) in [6.45, 7) is 7.38. The van der Waals surface area contributed by atoms with Gasteiger partial charge in [0, 0.05) is 25.5 Å². The Morgan fingerprint density at radius 3 is 2.90 bits per heavy atom. The minimum Gasteiger partial charge on any atom is -0.472 e. The highest BCUT2D eigenvalue weighted by molar-refractivity contribution is 5.77. The molecule has 1 aromatic rings. The van der Waals surface area contributed by atoms with Crippen LogP contribution in [0.2, 0.25) is 0 Å². The zero-order valence-corrected chi connectivity index (χ0v) is 12.2. The highest BCUT2D eigenvalue weighted by Crippen LogP contribution is 2.23. The molecular weight excluding hydrogens is 259 g/mol. The van der Waals surface area contributed by atoms with Crippen LogP contribution in [0.3, 0.4) is 0 Å². The van der Waals surface area contributed by atoms with E-state index in [9.17, 15) is 9.18 Å². The second-order valence-electron chi connectivity index (χ2n) is 6.40. The van der Waals surface area contributed by atoms with Gasteiger partial charge in [-0.25, -0.2) is 0 Å². The molecule has 0 aliphatic carbocycles. The van der Waals surface area contributed by atoms with Crippen molar-refractivity contribution in [2.24, 2.45) is 5.41 Å². The number of likely N-dealkylation sites (tertiary alicyclic amines) is 1. The van der Waals surface area contributed by atoms with Crippen LogP contribution < -0.4 is 4.74 Å². The summed E-state index contributed by atoms with van der Waals surface area (Å²) in [5, 5.41) is 0. The molecule has 0 N–H and O–H groups in total. The molecule has 0 spiro atoms. The smallest absolute Gasteiger partial charge is 0.223 e. The van der Waals surface area contributed by atoms with Crippen molar-refractivity contribution in [2.75, 3.05) is 13.1 Å². The number of pyridine rings is 1. The van der Waals surface area contributed by atoms with E-state index in [0.717, 1.165) is 6.42 Å². The summed E-state index contributed by atoms with van der Waals surface area (Å²) in [6, 6.07) is 4.47. The molecule has 5 heteroatoms. The Hall–Kier alpha value is -1.65. The molecule has 1 saturated heterocycles. The first-order chi connectivity index (χ1) is 9.33. The summed E-state index contributed by atoms with van der Waals surface area (Å²) in [6.07, 6.45) is 1.18. The summed E-state index contributed by atoms with van der Waals surface area (Å²) in [4.78, 5) is 17.6. The third-order valence-electron chi connectivity index (χ3n) is 3.16. The first-order valence-corrected chi connectivity index (χ1v) is 6.90. The fourth-order valence-electron chi connectivity index (χ4n) is 2.24. The lowest BCUT2D eigenvalue weighted by molar-refractivity contribution is -0.132. The van der Waals surface area contributed by atoms with Gasteiger partial charge < -0.3 is 9.64 Å². The molecule has 1 fully saturated rings. The van der Waals surface area contributed by atoms with Crippen LogP contribution in [-0.2, 0) is 4.79 Å². The van der Waals surface area contributed by atoms with E-state index < -0.39 is 5.95 Å². The van der Waals surface area contributed by atoms with Gasteiger partial charge in [0.2, 0.25) is 17.7 Å². The standard InChI is InChI=1S/C15H21FN2O2/c1-15(2,3)9-14(19)18-8-7-11(10-18)20-13-6-4-5-12(16)17-13/h4-6,11H,7-10H2,1-3H3. The lowest BCUT2D eigenvalue weighted by Gasteiger charge is -2.23. The molecular formula is C15H21FN2O2. The van der Waals surface area contributed by atoms with Gasteiger partial charge in [-0.05, 0) is 11.5 Å². The van der Waals surface area contributed by atoms with Gasteiger partial charge in [0.05, 0.1) is 6.54 Å². The highest BCUT2D eigenvalue weighted by atomic mass is 19.1. The number of nitrogens with zero attached hydrogens (tertiary/aromatic N) is 2. The summed E-state index contributed by atoms with van der Waals surface area (Å²) in [7, 11) is 0. The van der Waals surface area contributed by atoms with Gasteiger partial charge in [0.25, 0.3) is 0 Å². The number of amides is 1. The molecule has 4 nitrogen and oxygen atoms in total. The zero-order chi connectivity index (χ0) is 14.8. The Balaban J connectivity index is 1.88. The van der Waals surface area contributed by atoms with Gasteiger partial charge in [-0.15, -0.1) is 0 Å². The lowest BCUT2D eigenvalue weighted by atomic mass is 9.92. The van der Waals surface area contributed by atoms with Gasteiger partial charge >= 0.3 is 0 Å². The average Bonchev–Trinajstić information content (AvgIpc) is 2.75. The maximum atomic E-state index is 13.0. The summed E-state index contributed by atoms with van der Waals surface area (Å²) < 4.78 is 18.6. The normalized spacial score (nSPS) is 19.2. The molecule has 110 valence electrons. The van der Waals surface area contributed by atoms with Crippen LogP contribution in [0.5, 0.6) is 5.88 Å². The van der Waals surface area contributed by atoms with Crippen molar-refractivity contribution in [1.82, 2.24) is 9.88 Å². The van der Waals surface area contributed by atoms with Crippen LogP contribution in [0.4, 0.5) is 4.39 Å². The largest absolute Gasteiger partial charge is 0.472 e. The maximum absolute atomic E-state index is 13.0. The molecule has 1 aliphatic rings. The van der Waals surface area contributed by atoms with E-state index in [1.807, 2.05) is 25.7 Å². The summed E-state index contributed by atoms with van der Waals surface area (Å²) >= 11 is 0. The Bertz CT molecular complexity index is 485. The molecule has 0 bridgehead atoms. The summed E-state index contributed by atoms with van der Waals surface area (Å²) in [5.41, 5.74) is -0.0137. The van der Waals surface area contributed by atoms with Crippen LogP contribution in [0.1, 0.15) is 33.6 Å². The molecule has 20 heavy (non-hydrogen) atoms. The molecule has 1 aromatic heterocycles. The predicted molar refractivity (Wildman–Crippen MR) is 73.9 cm³/mol. The second-order valence-corrected chi connectivity index (χ2v) is 6.40. The number of rotatable bonds is 3. The lowest BCUT2D eigenvalue weighted by Crippen LogP contribution is -2.33. The van der Waals surface area contributed by atoms with Crippen molar-refractivity contribution in [1.29, 1.82) is 0 Å². The Morgan fingerprint density at radius 2 is 2.25 bits per heavy atom. The minimum atomic E-state index is -0.554. The van der Waals surface area contributed by atoms with Crippen LogP contribution in [0, 0.1) is 11.4 Å². The number of aromatic nitrogens is 1. The van der Waals surface area contributed by atoms with Crippen LogP contribution in [-0.4, -0.2) is 35.0 Å². The number of hydrogen-bond donors (Lipinski definition) is 0. The highest BCUT2D eigenvalue weighted by Gasteiger charge is 2.29. The SMILES string of the molecule is CC(C)(C)CC(=O)N1CCC(Oc2cccc(F)n2)C1. The summed E-state index contributed by atoms with van der Waals surface area (Å²) in [5.74, 6) is -0.128. The first-order valence-electron chi connectivity index (χ1n) is 6.90. The number of hydrogen-bond acceptors (Lipinski definition) is 3. The minimum absolute atomic E-state index is 0.0137. The Kier molecular flexibility index (Phi) is 4.26. The quantitative estimate of drug-likeness (QED) is 0.799.